The van der Waals surface area contributed by atoms with E-state index in [2.05, 4.69) is 43.3 Å². The molecule has 1 spiro atoms. The summed E-state index contributed by atoms with van der Waals surface area (Å²) < 4.78 is 32.3. The molecule has 1 N–H and O–H groups in total. The van der Waals surface area contributed by atoms with Gasteiger partial charge in [0.1, 0.15) is 22.5 Å². The molecule has 14 heteroatoms. The van der Waals surface area contributed by atoms with Crippen LogP contribution in [0, 0.1) is 29.6 Å². The van der Waals surface area contributed by atoms with E-state index in [4.69, 9.17) is 21.1 Å². The fraction of sp³-hybridized carbons (Fsp3) is 0.488. The Kier molecular flexibility index (Phi) is 11.7. The molecular formula is C43H51ClN6O6S. The van der Waals surface area contributed by atoms with Gasteiger partial charge in [0.15, 0.2) is 0 Å². The van der Waals surface area contributed by atoms with Gasteiger partial charge in [0.25, 0.3) is 11.8 Å². The van der Waals surface area contributed by atoms with Gasteiger partial charge in [-0.2, -0.15) is 4.36 Å². The highest BCUT2D eigenvalue weighted by molar-refractivity contribution is 8.06. The van der Waals surface area contributed by atoms with Gasteiger partial charge < -0.3 is 19.5 Å². The van der Waals surface area contributed by atoms with Crippen LogP contribution in [-0.4, -0.2) is 100 Å². The molecule has 0 radical (unpaired) electrons. The number of hydrogen-bond acceptors (Lipinski definition) is 9. The number of aromatic nitrogens is 2. The fourth-order valence-electron chi connectivity index (χ4n) is 8.71. The highest BCUT2D eigenvalue weighted by Gasteiger charge is 2.47. The molecular weight excluding hydrogens is 764 g/mol. The first-order chi connectivity index (χ1) is 27.2. The van der Waals surface area contributed by atoms with E-state index in [9.17, 15) is 18.9 Å². The highest BCUT2D eigenvalue weighted by atomic mass is 35.5. The Morgan fingerprint density at radius 3 is 2.82 bits per heavy atom. The van der Waals surface area contributed by atoms with Crippen molar-refractivity contribution in [1.29, 1.82) is 0 Å². The summed E-state index contributed by atoms with van der Waals surface area (Å²) in [4.78, 5) is 35.6. The van der Waals surface area contributed by atoms with Gasteiger partial charge in [0, 0.05) is 54.0 Å². The summed E-state index contributed by atoms with van der Waals surface area (Å²) in [5, 5.41) is 17.2. The van der Waals surface area contributed by atoms with Crippen LogP contribution >= 0.6 is 11.6 Å². The van der Waals surface area contributed by atoms with Gasteiger partial charge in [0.05, 0.1) is 35.7 Å². The molecule has 302 valence electrons. The number of amides is 2. The van der Waals surface area contributed by atoms with Crippen LogP contribution in [0.1, 0.15) is 70.9 Å². The molecule has 0 saturated heterocycles. The molecule has 1 fully saturated rings. The fourth-order valence-corrected chi connectivity index (χ4v) is 10.7. The molecule has 4 aliphatic rings. The summed E-state index contributed by atoms with van der Waals surface area (Å²) in [6, 6.07) is 11.4. The standard InChI is InChI=1S/C43H51ClN6O6S/c1-29-9-6-18-43(53,19-8-20-48(2)3)36-14-11-32(36)23-50-26-42(17-7-10-30-21-33(44)13-15-35(30)42)27-56-38-16-12-31(22-37(38)50)39(51)47-57(54,25-29)28-45-40(52)34-24-49(4)46-41(34)55-5/h6,12-13,15-16,18,21-22,24,28-29,32,36,53H,7,9-11,14,17,20,23,25-27H2,1-5H3/b18-6+,45-28?/t29-,32-,36+,42-,43-,57?/m0/s1. The van der Waals surface area contributed by atoms with Crippen molar-refractivity contribution in [2.75, 3.05) is 58.1 Å². The van der Waals surface area contributed by atoms with Crippen LogP contribution in [0.15, 0.2) is 64.1 Å². The topological polar surface area (TPSA) is 139 Å². The van der Waals surface area contributed by atoms with E-state index in [1.807, 2.05) is 38.1 Å². The average Bonchev–Trinajstić information content (AvgIpc) is 3.46. The normalized spacial score (nSPS) is 29.2. The minimum absolute atomic E-state index is 0.0626. The number of nitrogens with zero attached hydrogens (tertiary/aromatic N) is 6. The van der Waals surface area contributed by atoms with Gasteiger partial charge in [-0.05, 0) is 112 Å². The predicted octanol–water partition coefficient (Wildman–Crippen LogP) is 5.95. The van der Waals surface area contributed by atoms with E-state index in [1.54, 1.807) is 31.3 Å². The predicted molar refractivity (Wildman–Crippen MR) is 223 cm³/mol. The molecule has 2 aliphatic carbocycles. The van der Waals surface area contributed by atoms with Crippen molar-refractivity contribution in [3.63, 3.8) is 0 Å². The molecule has 57 heavy (non-hydrogen) atoms. The van der Waals surface area contributed by atoms with Gasteiger partial charge >= 0.3 is 0 Å². The summed E-state index contributed by atoms with van der Waals surface area (Å²) >= 11 is 6.48. The molecule has 1 aromatic heterocycles. The minimum atomic E-state index is -3.53. The third-order valence-electron chi connectivity index (χ3n) is 11.6. The lowest BCUT2D eigenvalue weighted by Crippen LogP contribution is -2.52. The monoisotopic (exact) mass is 814 g/mol. The quantitative estimate of drug-likeness (QED) is 0.147. The molecule has 1 saturated carbocycles. The largest absolute Gasteiger partial charge is 0.490 e. The molecule has 2 aromatic carbocycles. The van der Waals surface area contributed by atoms with E-state index >= 15 is 0 Å². The maximum absolute atomic E-state index is 14.7. The zero-order valence-corrected chi connectivity index (χ0v) is 34.8. The molecule has 3 heterocycles. The molecule has 2 bridgehead atoms. The third-order valence-corrected chi connectivity index (χ3v) is 13.8. The van der Waals surface area contributed by atoms with Crippen LogP contribution in [0.3, 0.4) is 0 Å². The van der Waals surface area contributed by atoms with E-state index in [0.29, 0.717) is 43.4 Å². The molecule has 7 rings (SSSR count). The van der Waals surface area contributed by atoms with Crippen molar-refractivity contribution < 1.29 is 28.4 Å². The number of aryl methyl sites for hydroxylation is 2. The van der Waals surface area contributed by atoms with Crippen molar-refractivity contribution >= 4 is 44.4 Å². The second-order valence-electron chi connectivity index (χ2n) is 16.4. The number of hydrogen-bond donors (Lipinski definition) is 1. The summed E-state index contributed by atoms with van der Waals surface area (Å²) in [6.07, 6.45) is 10.1. The van der Waals surface area contributed by atoms with E-state index in [1.165, 1.54) is 29.1 Å². The van der Waals surface area contributed by atoms with E-state index in [0.717, 1.165) is 43.3 Å². The van der Waals surface area contributed by atoms with Crippen molar-refractivity contribution in [2.45, 2.75) is 56.5 Å². The molecule has 6 atom stereocenters. The number of aliphatic imine (C=N–C) groups is 1. The molecule has 2 aliphatic heterocycles. The lowest BCUT2D eigenvalue weighted by molar-refractivity contribution is -0.00326. The number of carbonyl (C=O) groups excluding carboxylic acids is 2. The lowest BCUT2D eigenvalue weighted by Gasteiger charge is -2.47. The first kappa shape index (κ1) is 40.7. The smallest absolute Gasteiger partial charge is 0.285 e. The number of benzene rings is 2. The number of fused-ring (bicyclic) bond motifs is 4. The number of allylic oxidation sites excluding steroid dienone is 1. The first-order valence-corrected chi connectivity index (χ1v) is 21.6. The average molecular weight is 815 g/mol. The lowest BCUT2D eigenvalue weighted by atomic mass is 9.64. The third kappa shape index (κ3) is 8.70. The second-order valence-corrected chi connectivity index (χ2v) is 18.9. The second kappa shape index (κ2) is 16.4. The van der Waals surface area contributed by atoms with Crippen molar-refractivity contribution in [2.24, 2.45) is 34.2 Å². The van der Waals surface area contributed by atoms with Crippen molar-refractivity contribution in [1.82, 2.24) is 14.7 Å². The van der Waals surface area contributed by atoms with Gasteiger partial charge in [0.2, 0.25) is 5.88 Å². The Balaban J connectivity index is 1.33. The number of ether oxygens (including phenoxy) is 2. The Hall–Kier alpha value is -4.48. The zero-order chi connectivity index (χ0) is 40.5. The number of carbonyl (C=O) groups is 2. The maximum atomic E-state index is 14.7. The van der Waals surface area contributed by atoms with Crippen LogP contribution in [-0.2, 0) is 28.6 Å². The summed E-state index contributed by atoms with van der Waals surface area (Å²) in [5.74, 6) is 5.37. The van der Waals surface area contributed by atoms with Gasteiger partial charge in [-0.25, -0.2) is 9.20 Å². The van der Waals surface area contributed by atoms with E-state index in [-0.39, 0.29) is 45.9 Å². The van der Waals surface area contributed by atoms with Gasteiger partial charge in [-0.1, -0.05) is 42.5 Å². The molecule has 12 nitrogen and oxygen atoms in total. The number of anilines is 1. The number of methoxy groups -OCH3 is 1. The minimum Gasteiger partial charge on any atom is -0.490 e. The molecule has 2 amide bonds. The van der Waals surface area contributed by atoms with Crippen LogP contribution in [0.25, 0.3) is 0 Å². The number of halogens is 1. The maximum Gasteiger partial charge on any atom is 0.285 e. The van der Waals surface area contributed by atoms with Crippen LogP contribution in [0.2, 0.25) is 5.02 Å². The number of aliphatic hydroxyl groups is 1. The number of rotatable bonds is 4. The first-order valence-electron chi connectivity index (χ1n) is 19.5. The Labute approximate surface area is 340 Å². The SMILES string of the molecule is COc1nn(C)cc1C(=O)N=CS1(=O)=NC(=O)c2ccc3c(c2)N(C[C@@H]2CC[C@H]2[C@@](O)(C#CCN(C)C)/C=C/C[C@H](C)C1)C[C@@]1(CCCc2cc(Cl)ccc21)CO3. The summed E-state index contributed by atoms with van der Waals surface area (Å²) in [5.41, 5.74) is 2.76. The van der Waals surface area contributed by atoms with Crippen LogP contribution in [0.4, 0.5) is 5.69 Å². The van der Waals surface area contributed by atoms with E-state index < -0.39 is 27.1 Å². The van der Waals surface area contributed by atoms with Crippen molar-refractivity contribution in [3.05, 3.63) is 82.0 Å². The van der Waals surface area contributed by atoms with Crippen LogP contribution in [0.5, 0.6) is 11.6 Å². The summed E-state index contributed by atoms with van der Waals surface area (Å²) in [6.45, 7) is 4.05. The Morgan fingerprint density at radius 2 is 2.07 bits per heavy atom. The Morgan fingerprint density at radius 1 is 1.25 bits per heavy atom. The highest BCUT2D eigenvalue weighted by Crippen LogP contribution is 2.48. The summed E-state index contributed by atoms with van der Waals surface area (Å²) in [7, 11) is 3.39. The Bertz CT molecular complexity index is 2300. The van der Waals surface area contributed by atoms with Crippen molar-refractivity contribution in [3.8, 4) is 23.5 Å². The molecule has 3 aromatic rings. The van der Waals surface area contributed by atoms with Crippen LogP contribution < -0.4 is 14.4 Å². The molecule has 1 unspecified atom stereocenters. The van der Waals surface area contributed by atoms with Gasteiger partial charge in [-0.15, -0.1) is 5.10 Å². The zero-order valence-electron chi connectivity index (χ0n) is 33.2. The van der Waals surface area contributed by atoms with Gasteiger partial charge in [-0.3, -0.25) is 19.2 Å².